The van der Waals surface area contributed by atoms with Gasteiger partial charge in [0.05, 0.1) is 0 Å². The van der Waals surface area contributed by atoms with Crippen molar-refractivity contribution in [2.24, 2.45) is 0 Å². The molecule has 292 valence electrons. The summed E-state index contributed by atoms with van der Waals surface area (Å²) in [6, 6.07) is 60.3. The number of nitrogens with zero attached hydrogens (tertiary/aromatic N) is 1. The standard InChI is InChI=1S/C58H55N/c1-57(2,3)46-24-17-40(18-25-46)51-33-44-36-55-53-32-42-23-30-50(59(48-15-11-8-12-16-48)49-28-21-39(22-29-49)38-13-9-7-10-14-38)31-43(42)35-54(53)56(55)37-45(44)34-52(51)41-19-26-47(27-20-41)58(4,5)6/h8,11-12,15-38H,7,9-10,13-14H2,1-6H3. The monoisotopic (exact) mass is 765 g/mol. The number of hydrogen-bond donors (Lipinski definition) is 0. The van der Waals surface area contributed by atoms with Crippen molar-refractivity contribution in [3.63, 3.8) is 0 Å². The minimum atomic E-state index is 0.105. The maximum atomic E-state index is 2.44. The predicted octanol–water partition coefficient (Wildman–Crippen LogP) is 17.1. The fraction of sp³-hybridized carbons (Fsp3) is 0.241. The molecule has 0 unspecified atom stereocenters. The number of fused-ring (bicyclic) bond motifs is 6. The lowest BCUT2D eigenvalue weighted by Gasteiger charge is -2.28. The molecule has 0 aliphatic heterocycles. The zero-order valence-electron chi connectivity index (χ0n) is 35.6. The summed E-state index contributed by atoms with van der Waals surface area (Å²) in [7, 11) is 0. The summed E-state index contributed by atoms with van der Waals surface area (Å²) in [6.45, 7) is 13.7. The fourth-order valence-corrected chi connectivity index (χ4v) is 9.74. The lowest BCUT2D eigenvalue weighted by atomic mass is 9.77. The first-order chi connectivity index (χ1) is 28.5. The zero-order valence-corrected chi connectivity index (χ0v) is 35.6. The molecule has 1 fully saturated rings. The summed E-state index contributed by atoms with van der Waals surface area (Å²) >= 11 is 0. The summed E-state index contributed by atoms with van der Waals surface area (Å²) < 4.78 is 0. The van der Waals surface area contributed by atoms with Crippen LogP contribution in [0.25, 0.3) is 66.1 Å². The van der Waals surface area contributed by atoms with Gasteiger partial charge in [0, 0.05) is 17.1 Å². The van der Waals surface area contributed by atoms with Crippen LogP contribution in [0.3, 0.4) is 0 Å². The smallest absolute Gasteiger partial charge is 0.0468 e. The van der Waals surface area contributed by atoms with E-state index in [0.717, 1.165) is 0 Å². The molecular formula is C58H55N. The highest BCUT2D eigenvalue weighted by Gasteiger charge is 2.26. The number of anilines is 3. The van der Waals surface area contributed by atoms with Gasteiger partial charge in [0.1, 0.15) is 0 Å². The van der Waals surface area contributed by atoms with Crippen LogP contribution < -0.4 is 4.90 Å². The summed E-state index contributed by atoms with van der Waals surface area (Å²) in [5.41, 5.74) is 18.4. The van der Waals surface area contributed by atoms with Gasteiger partial charge in [-0.05, 0) is 185 Å². The molecule has 0 saturated heterocycles. The van der Waals surface area contributed by atoms with E-state index in [1.807, 2.05) is 0 Å². The molecule has 8 aromatic rings. The Balaban J connectivity index is 1.04. The van der Waals surface area contributed by atoms with E-state index in [4.69, 9.17) is 0 Å². The number of hydrogen-bond acceptors (Lipinski definition) is 1. The third-order valence-corrected chi connectivity index (χ3v) is 13.3. The number of rotatable bonds is 6. The van der Waals surface area contributed by atoms with E-state index in [9.17, 15) is 0 Å². The second kappa shape index (κ2) is 14.4. The van der Waals surface area contributed by atoms with E-state index in [2.05, 4.69) is 204 Å². The number of para-hydroxylation sites is 1. The first-order valence-corrected chi connectivity index (χ1v) is 21.9. The Labute approximate surface area is 351 Å². The first kappa shape index (κ1) is 37.4. The van der Waals surface area contributed by atoms with Crippen LogP contribution in [0.5, 0.6) is 0 Å². The molecule has 1 heteroatoms. The molecule has 1 nitrogen and oxygen atoms in total. The predicted molar refractivity (Wildman–Crippen MR) is 255 cm³/mol. The molecular weight excluding hydrogens is 711 g/mol. The van der Waals surface area contributed by atoms with Crippen molar-refractivity contribution in [2.75, 3.05) is 4.90 Å². The topological polar surface area (TPSA) is 3.24 Å². The van der Waals surface area contributed by atoms with Crippen LogP contribution in [0, 0.1) is 0 Å². The Bertz CT molecular complexity index is 2820. The summed E-state index contributed by atoms with van der Waals surface area (Å²) in [6.07, 6.45) is 6.72. The van der Waals surface area contributed by atoms with Crippen LogP contribution in [0.2, 0.25) is 0 Å². The summed E-state index contributed by atoms with van der Waals surface area (Å²) in [4.78, 5) is 2.41. The van der Waals surface area contributed by atoms with Crippen molar-refractivity contribution in [2.45, 2.75) is 90.4 Å². The van der Waals surface area contributed by atoms with Gasteiger partial charge in [0.25, 0.3) is 0 Å². The molecule has 1 saturated carbocycles. The van der Waals surface area contributed by atoms with Crippen LogP contribution in [-0.4, -0.2) is 0 Å². The molecule has 0 spiro atoms. The highest BCUT2D eigenvalue weighted by atomic mass is 15.1. The zero-order chi connectivity index (χ0) is 40.5. The van der Waals surface area contributed by atoms with Crippen molar-refractivity contribution in [1.29, 1.82) is 0 Å². The van der Waals surface area contributed by atoms with Gasteiger partial charge < -0.3 is 4.90 Å². The van der Waals surface area contributed by atoms with Crippen molar-refractivity contribution in [3.8, 4) is 44.5 Å². The van der Waals surface area contributed by atoms with E-state index < -0.39 is 0 Å². The maximum Gasteiger partial charge on any atom is 0.0468 e. The van der Waals surface area contributed by atoms with Crippen LogP contribution in [-0.2, 0) is 10.8 Å². The normalized spacial score (nSPS) is 14.2. The second-order valence-corrected chi connectivity index (χ2v) is 19.3. The molecule has 0 amide bonds. The Morgan fingerprint density at radius 1 is 0.373 bits per heavy atom. The Hall–Kier alpha value is -5.92. The summed E-state index contributed by atoms with van der Waals surface area (Å²) in [5.74, 6) is 0.696. The van der Waals surface area contributed by atoms with Gasteiger partial charge in [-0.3, -0.25) is 0 Å². The maximum absolute atomic E-state index is 2.44. The van der Waals surface area contributed by atoms with Gasteiger partial charge >= 0.3 is 0 Å². The minimum Gasteiger partial charge on any atom is -0.310 e. The fourth-order valence-electron chi connectivity index (χ4n) is 9.74. The third-order valence-electron chi connectivity index (χ3n) is 13.3. The molecule has 59 heavy (non-hydrogen) atoms. The lowest BCUT2D eigenvalue weighted by Crippen LogP contribution is -2.10. The van der Waals surface area contributed by atoms with Gasteiger partial charge in [0.2, 0.25) is 0 Å². The van der Waals surface area contributed by atoms with Crippen molar-refractivity contribution < 1.29 is 0 Å². The molecule has 0 heterocycles. The van der Waals surface area contributed by atoms with Crippen molar-refractivity contribution in [3.05, 3.63) is 174 Å². The Morgan fingerprint density at radius 2 is 0.797 bits per heavy atom. The van der Waals surface area contributed by atoms with Crippen molar-refractivity contribution in [1.82, 2.24) is 0 Å². The molecule has 0 aromatic heterocycles. The van der Waals surface area contributed by atoms with Crippen LogP contribution in [0.1, 0.15) is 96.3 Å². The van der Waals surface area contributed by atoms with E-state index in [0.29, 0.717) is 5.92 Å². The molecule has 0 atom stereocenters. The highest BCUT2D eigenvalue weighted by Crippen LogP contribution is 2.52. The largest absolute Gasteiger partial charge is 0.310 e. The molecule has 0 N–H and O–H groups in total. The van der Waals surface area contributed by atoms with Gasteiger partial charge in [-0.15, -0.1) is 0 Å². The summed E-state index contributed by atoms with van der Waals surface area (Å²) in [5, 5.41) is 5.09. The molecule has 2 aliphatic rings. The van der Waals surface area contributed by atoms with E-state index in [1.165, 1.54) is 132 Å². The quantitative estimate of drug-likeness (QED) is 0.163. The van der Waals surface area contributed by atoms with E-state index in [-0.39, 0.29) is 10.8 Å². The third kappa shape index (κ3) is 6.95. The van der Waals surface area contributed by atoms with Gasteiger partial charge in [0.15, 0.2) is 0 Å². The number of benzene rings is 8. The van der Waals surface area contributed by atoms with Gasteiger partial charge in [-0.1, -0.05) is 146 Å². The van der Waals surface area contributed by atoms with E-state index >= 15 is 0 Å². The molecule has 0 radical (unpaired) electrons. The van der Waals surface area contributed by atoms with Crippen molar-refractivity contribution >= 4 is 38.6 Å². The molecule has 8 aromatic carbocycles. The molecule has 2 aliphatic carbocycles. The minimum absolute atomic E-state index is 0.105. The first-order valence-electron chi connectivity index (χ1n) is 21.9. The Morgan fingerprint density at radius 3 is 1.29 bits per heavy atom. The van der Waals surface area contributed by atoms with E-state index in [1.54, 1.807) is 0 Å². The van der Waals surface area contributed by atoms with Crippen LogP contribution in [0.15, 0.2) is 158 Å². The average molecular weight is 766 g/mol. The second-order valence-electron chi connectivity index (χ2n) is 19.3. The Kier molecular flexibility index (Phi) is 9.13. The SMILES string of the molecule is CC(C)(C)c1ccc(-c2cc3cc4c(cc3cc2-c2ccc(C(C)(C)C)cc2)-c2cc3cc(N(c5ccccc5)c5ccc(C6CCCCC6)cc5)ccc3cc2-4)cc1. The van der Waals surface area contributed by atoms with Gasteiger partial charge in [-0.25, -0.2) is 0 Å². The highest BCUT2D eigenvalue weighted by molar-refractivity contribution is 6.13. The van der Waals surface area contributed by atoms with Crippen LogP contribution >= 0.6 is 0 Å². The van der Waals surface area contributed by atoms with Crippen LogP contribution in [0.4, 0.5) is 17.1 Å². The van der Waals surface area contributed by atoms with Gasteiger partial charge in [-0.2, -0.15) is 0 Å². The average Bonchev–Trinajstić information content (AvgIpc) is 3.25. The molecule has 10 rings (SSSR count). The lowest BCUT2D eigenvalue weighted by molar-refractivity contribution is 0.443. The molecule has 0 bridgehead atoms.